The summed E-state index contributed by atoms with van der Waals surface area (Å²) in [6.45, 7) is 1.75. The number of rotatable bonds is 5. The van der Waals surface area contributed by atoms with E-state index in [2.05, 4.69) is 4.72 Å². The van der Waals surface area contributed by atoms with Crippen molar-refractivity contribution in [3.8, 4) is 0 Å². The van der Waals surface area contributed by atoms with Crippen LogP contribution in [0.5, 0.6) is 0 Å². The smallest absolute Gasteiger partial charge is 0.329 e. The SMILES string of the molecule is CC1CCCCC1(CN)NS(=O)(=O)c1ccc([N+](=O)[O-])cc1C(F)(F)F.Cl. The second kappa shape index (κ2) is 8.29. The zero-order valence-corrected chi connectivity index (χ0v) is 16.1. The van der Waals surface area contributed by atoms with E-state index in [0.717, 1.165) is 12.5 Å². The Kier molecular flexibility index (Phi) is 7.25. The fraction of sp³-hybridized carbons (Fsp3) is 0.600. The molecule has 0 saturated heterocycles. The molecule has 12 heteroatoms. The van der Waals surface area contributed by atoms with Gasteiger partial charge in [-0.05, 0) is 24.8 Å². The lowest BCUT2D eigenvalue weighted by Gasteiger charge is -2.42. The molecule has 1 aromatic carbocycles. The fourth-order valence-electron chi connectivity index (χ4n) is 3.32. The lowest BCUT2D eigenvalue weighted by atomic mass is 9.74. The summed E-state index contributed by atoms with van der Waals surface area (Å²) in [6, 6.07) is 1.58. The third-order valence-electron chi connectivity index (χ3n) is 4.92. The van der Waals surface area contributed by atoms with Gasteiger partial charge >= 0.3 is 6.18 Å². The van der Waals surface area contributed by atoms with Crippen LogP contribution >= 0.6 is 12.4 Å². The number of nitrogens with zero attached hydrogens (tertiary/aromatic N) is 1. The summed E-state index contributed by atoms with van der Waals surface area (Å²) >= 11 is 0. The molecule has 0 aliphatic heterocycles. The molecular weight excluding hydrogens is 411 g/mol. The standard InChI is InChI=1S/C15H20F3N3O4S.ClH/c1-10-4-2-3-7-14(10,9-19)20-26(24,25)13-6-5-11(21(22)23)8-12(13)15(16,17)18;/h5-6,8,10,20H,2-4,7,9,19H2,1H3;1H. The largest absolute Gasteiger partial charge is 0.417 e. The van der Waals surface area contributed by atoms with E-state index in [-0.39, 0.29) is 30.9 Å². The molecule has 0 radical (unpaired) electrons. The molecule has 1 aliphatic rings. The average Bonchev–Trinajstić information content (AvgIpc) is 2.55. The van der Waals surface area contributed by atoms with Crippen molar-refractivity contribution in [3.05, 3.63) is 33.9 Å². The van der Waals surface area contributed by atoms with E-state index in [4.69, 9.17) is 5.73 Å². The van der Waals surface area contributed by atoms with E-state index < -0.39 is 42.8 Å². The molecule has 0 spiro atoms. The Labute approximate surface area is 161 Å². The lowest BCUT2D eigenvalue weighted by molar-refractivity contribution is -0.385. The predicted molar refractivity (Wildman–Crippen MR) is 95.1 cm³/mol. The molecule has 0 amide bonds. The highest BCUT2D eigenvalue weighted by Gasteiger charge is 2.44. The Bertz CT molecular complexity index is 804. The highest BCUT2D eigenvalue weighted by atomic mass is 35.5. The first-order chi connectivity index (χ1) is 11.9. The molecule has 0 heterocycles. The zero-order valence-electron chi connectivity index (χ0n) is 14.5. The zero-order chi connectivity index (χ0) is 19.8. The lowest BCUT2D eigenvalue weighted by Crippen LogP contribution is -2.59. The second-order valence-corrected chi connectivity index (χ2v) is 8.20. The van der Waals surface area contributed by atoms with Gasteiger partial charge in [0.05, 0.1) is 15.4 Å². The molecule has 2 rings (SSSR count). The van der Waals surface area contributed by atoms with Gasteiger partial charge in [-0.1, -0.05) is 19.8 Å². The van der Waals surface area contributed by atoms with Crippen LogP contribution in [-0.4, -0.2) is 25.4 Å². The Morgan fingerprint density at radius 2 is 2.00 bits per heavy atom. The number of nitrogens with one attached hydrogen (secondary N) is 1. The molecule has 1 aromatic rings. The maximum atomic E-state index is 13.3. The highest BCUT2D eigenvalue weighted by Crippen LogP contribution is 2.38. The molecule has 27 heavy (non-hydrogen) atoms. The van der Waals surface area contributed by atoms with Crippen LogP contribution in [0.25, 0.3) is 0 Å². The van der Waals surface area contributed by atoms with Crippen molar-refractivity contribution in [2.75, 3.05) is 6.54 Å². The van der Waals surface area contributed by atoms with Crippen LogP contribution < -0.4 is 10.5 Å². The number of nitrogens with two attached hydrogens (primary N) is 1. The van der Waals surface area contributed by atoms with Gasteiger partial charge in [-0.15, -0.1) is 12.4 Å². The molecule has 1 fully saturated rings. The molecular formula is C15H21ClF3N3O4S. The maximum Gasteiger partial charge on any atom is 0.417 e. The van der Waals surface area contributed by atoms with Gasteiger partial charge in [0.1, 0.15) is 0 Å². The topological polar surface area (TPSA) is 115 Å². The molecule has 1 saturated carbocycles. The van der Waals surface area contributed by atoms with Crippen molar-refractivity contribution in [2.24, 2.45) is 11.7 Å². The van der Waals surface area contributed by atoms with Gasteiger partial charge in [-0.2, -0.15) is 13.2 Å². The molecule has 2 unspecified atom stereocenters. The molecule has 2 atom stereocenters. The molecule has 1 aliphatic carbocycles. The predicted octanol–water partition coefficient (Wildman–Crippen LogP) is 3.22. The normalized spacial score (nSPS) is 23.5. The first-order valence-corrected chi connectivity index (χ1v) is 9.51. The van der Waals surface area contributed by atoms with Crippen molar-refractivity contribution in [1.29, 1.82) is 0 Å². The second-order valence-electron chi connectivity index (χ2n) is 6.55. The fourth-order valence-corrected chi connectivity index (χ4v) is 5.06. The summed E-state index contributed by atoms with van der Waals surface area (Å²) in [5.41, 5.74) is 2.31. The summed E-state index contributed by atoms with van der Waals surface area (Å²) in [7, 11) is -4.59. The third-order valence-corrected chi connectivity index (χ3v) is 6.53. The Balaban J connectivity index is 0.00000364. The van der Waals surface area contributed by atoms with Gasteiger partial charge in [-0.25, -0.2) is 13.1 Å². The van der Waals surface area contributed by atoms with Gasteiger partial charge in [-0.3, -0.25) is 10.1 Å². The van der Waals surface area contributed by atoms with E-state index >= 15 is 0 Å². The van der Waals surface area contributed by atoms with Crippen LogP contribution in [-0.2, 0) is 16.2 Å². The Hall–Kier alpha value is -1.43. The van der Waals surface area contributed by atoms with Crippen molar-refractivity contribution >= 4 is 28.1 Å². The highest BCUT2D eigenvalue weighted by molar-refractivity contribution is 7.89. The Morgan fingerprint density at radius 3 is 2.48 bits per heavy atom. The molecule has 3 N–H and O–H groups in total. The number of benzene rings is 1. The van der Waals surface area contributed by atoms with E-state index in [9.17, 15) is 31.7 Å². The van der Waals surface area contributed by atoms with E-state index in [1.807, 2.05) is 0 Å². The van der Waals surface area contributed by atoms with Crippen molar-refractivity contribution in [1.82, 2.24) is 4.72 Å². The molecule has 0 bridgehead atoms. The monoisotopic (exact) mass is 431 g/mol. The van der Waals surface area contributed by atoms with Crippen LogP contribution in [0, 0.1) is 16.0 Å². The van der Waals surface area contributed by atoms with Gasteiger partial charge < -0.3 is 5.73 Å². The average molecular weight is 432 g/mol. The van der Waals surface area contributed by atoms with Gasteiger partial charge in [0.15, 0.2) is 0 Å². The number of halogens is 4. The minimum atomic E-state index is -5.07. The number of alkyl halides is 3. The van der Waals surface area contributed by atoms with Crippen LogP contribution in [0.1, 0.15) is 38.2 Å². The number of nitro benzene ring substituents is 1. The maximum absolute atomic E-state index is 13.3. The molecule has 154 valence electrons. The van der Waals surface area contributed by atoms with E-state index in [1.54, 1.807) is 6.92 Å². The van der Waals surface area contributed by atoms with Crippen molar-refractivity contribution < 1.29 is 26.5 Å². The number of hydrogen-bond acceptors (Lipinski definition) is 5. The van der Waals surface area contributed by atoms with Crippen molar-refractivity contribution in [3.63, 3.8) is 0 Å². The molecule has 0 aromatic heterocycles. The van der Waals surface area contributed by atoms with Crippen LogP contribution in [0.15, 0.2) is 23.1 Å². The summed E-state index contributed by atoms with van der Waals surface area (Å²) < 4.78 is 67.8. The number of nitro groups is 1. The number of non-ortho nitro benzene ring substituents is 1. The van der Waals surface area contributed by atoms with Crippen molar-refractivity contribution in [2.45, 2.75) is 49.2 Å². The summed E-state index contributed by atoms with van der Waals surface area (Å²) in [5, 5.41) is 10.8. The van der Waals surface area contributed by atoms with Crippen LogP contribution in [0.2, 0.25) is 0 Å². The minimum Gasteiger partial charge on any atom is -0.329 e. The number of sulfonamides is 1. The van der Waals surface area contributed by atoms with Gasteiger partial charge in [0.25, 0.3) is 5.69 Å². The van der Waals surface area contributed by atoms with Crippen LogP contribution in [0.4, 0.5) is 18.9 Å². The number of hydrogen-bond donors (Lipinski definition) is 2. The third kappa shape index (κ3) is 4.89. The van der Waals surface area contributed by atoms with Crippen LogP contribution in [0.3, 0.4) is 0 Å². The summed E-state index contributed by atoms with van der Waals surface area (Å²) in [6.07, 6.45) is -2.36. The summed E-state index contributed by atoms with van der Waals surface area (Å²) in [4.78, 5) is 8.70. The van der Waals surface area contributed by atoms with E-state index in [1.165, 1.54) is 0 Å². The molecule has 7 nitrogen and oxygen atoms in total. The van der Waals surface area contributed by atoms with Gasteiger partial charge in [0, 0.05) is 24.2 Å². The first kappa shape index (κ1) is 23.6. The Morgan fingerprint density at radius 1 is 1.37 bits per heavy atom. The van der Waals surface area contributed by atoms with Gasteiger partial charge in [0.2, 0.25) is 10.0 Å². The summed E-state index contributed by atoms with van der Waals surface area (Å²) in [5.74, 6) is -0.150. The minimum absolute atomic E-state index is 0. The first-order valence-electron chi connectivity index (χ1n) is 8.02. The quantitative estimate of drug-likeness (QED) is 0.548. The van der Waals surface area contributed by atoms with E-state index in [0.29, 0.717) is 25.3 Å².